The van der Waals surface area contributed by atoms with Crippen LogP contribution in [0.2, 0.25) is 0 Å². The van der Waals surface area contributed by atoms with Crippen molar-refractivity contribution >= 4 is 11.9 Å². The van der Waals surface area contributed by atoms with Gasteiger partial charge in [0, 0.05) is 18.6 Å². The zero-order valence-corrected chi connectivity index (χ0v) is 13.4. The van der Waals surface area contributed by atoms with E-state index in [9.17, 15) is 9.59 Å². The Hall–Kier alpha value is -2.48. The molecule has 0 fully saturated rings. The molecule has 128 valence electrons. The minimum atomic E-state index is -1.13. The lowest BCUT2D eigenvalue weighted by atomic mass is 10.1. The summed E-state index contributed by atoms with van der Waals surface area (Å²) in [5, 5.41) is 11.4. The van der Waals surface area contributed by atoms with Crippen molar-refractivity contribution < 1.29 is 28.9 Å². The van der Waals surface area contributed by atoms with Crippen LogP contribution < -0.4 is 25.3 Å². The number of amides is 1. The first-order valence-electron chi connectivity index (χ1n) is 6.96. The van der Waals surface area contributed by atoms with Gasteiger partial charge in [-0.1, -0.05) is 0 Å². The lowest BCUT2D eigenvalue weighted by Crippen LogP contribution is -2.32. The van der Waals surface area contributed by atoms with E-state index in [2.05, 4.69) is 5.32 Å². The standard InChI is InChI=1S/C15H22N2O6/c1-21-9-6-12(22-2)10(13(7-9)23-3)8-17-14(18)5-4-11(16)15(19)20/h6-7,11H,4-5,8,16H2,1-3H3,(H,17,18)(H,19,20)/t11-/m0/s1. The predicted molar refractivity (Wildman–Crippen MR) is 82.8 cm³/mol. The van der Waals surface area contributed by atoms with Gasteiger partial charge in [0.05, 0.1) is 33.4 Å². The molecule has 0 saturated heterocycles. The lowest BCUT2D eigenvalue weighted by Gasteiger charge is -2.15. The van der Waals surface area contributed by atoms with E-state index >= 15 is 0 Å². The molecule has 1 aromatic carbocycles. The number of carboxylic acids is 1. The van der Waals surface area contributed by atoms with E-state index in [1.54, 1.807) is 12.1 Å². The van der Waals surface area contributed by atoms with Gasteiger partial charge < -0.3 is 30.4 Å². The molecule has 8 heteroatoms. The summed E-state index contributed by atoms with van der Waals surface area (Å²) in [4.78, 5) is 22.4. The fourth-order valence-electron chi connectivity index (χ4n) is 1.94. The molecule has 0 aliphatic rings. The molecule has 1 amide bonds. The third-order valence-electron chi connectivity index (χ3n) is 3.28. The highest BCUT2D eigenvalue weighted by molar-refractivity contribution is 5.78. The average molecular weight is 326 g/mol. The predicted octanol–water partition coefficient (Wildman–Crippen LogP) is 0.521. The summed E-state index contributed by atoms with van der Waals surface area (Å²) in [6.45, 7) is 0.178. The van der Waals surface area contributed by atoms with Gasteiger partial charge in [-0.05, 0) is 6.42 Å². The monoisotopic (exact) mass is 326 g/mol. The maximum absolute atomic E-state index is 11.8. The summed E-state index contributed by atoms with van der Waals surface area (Å²) in [5.74, 6) is 0.173. The van der Waals surface area contributed by atoms with Gasteiger partial charge >= 0.3 is 5.97 Å². The fraction of sp³-hybridized carbons (Fsp3) is 0.467. The van der Waals surface area contributed by atoms with Gasteiger partial charge in [0.2, 0.25) is 5.91 Å². The Kier molecular flexibility index (Phi) is 7.14. The second-order valence-corrected chi connectivity index (χ2v) is 4.77. The van der Waals surface area contributed by atoms with Crippen molar-refractivity contribution in [2.45, 2.75) is 25.4 Å². The van der Waals surface area contributed by atoms with Crippen LogP contribution in [0, 0.1) is 0 Å². The van der Waals surface area contributed by atoms with Gasteiger partial charge in [0.1, 0.15) is 23.3 Å². The van der Waals surface area contributed by atoms with Gasteiger partial charge in [-0.25, -0.2) is 0 Å². The summed E-state index contributed by atoms with van der Waals surface area (Å²) in [6.07, 6.45) is 0.0896. The van der Waals surface area contributed by atoms with Crippen LogP contribution >= 0.6 is 0 Å². The summed E-state index contributed by atoms with van der Waals surface area (Å²) in [7, 11) is 4.54. The normalized spacial score (nSPS) is 11.5. The van der Waals surface area contributed by atoms with E-state index < -0.39 is 12.0 Å². The van der Waals surface area contributed by atoms with E-state index in [-0.39, 0.29) is 25.3 Å². The molecule has 8 nitrogen and oxygen atoms in total. The van der Waals surface area contributed by atoms with Crippen molar-refractivity contribution in [3.63, 3.8) is 0 Å². The summed E-state index contributed by atoms with van der Waals surface area (Å²) in [5.41, 5.74) is 6.02. The Morgan fingerprint density at radius 3 is 2.17 bits per heavy atom. The quantitative estimate of drug-likeness (QED) is 0.605. The maximum atomic E-state index is 11.8. The van der Waals surface area contributed by atoms with Crippen molar-refractivity contribution in [2.75, 3.05) is 21.3 Å². The van der Waals surface area contributed by atoms with Gasteiger partial charge in [0.15, 0.2) is 0 Å². The average Bonchev–Trinajstić information content (AvgIpc) is 2.56. The molecule has 0 radical (unpaired) electrons. The van der Waals surface area contributed by atoms with E-state index in [4.69, 9.17) is 25.1 Å². The summed E-state index contributed by atoms with van der Waals surface area (Å²) < 4.78 is 15.7. The molecule has 1 rings (SSSR count). The van der Waals surface area contributed by atoms with Crippen LogP contribution in [0.4, 0.5) is 0 Å². The maximum Gasteiger partial charge on any atom is 0.320 e. The van der Waals surface area contributed by atoms with Gasteiger partial charge in [-0.3, -0.25) is 9.59 Å². The summed E-state index contributed by atoms with van der Waals surface area (Å²) in [6, 6.07) is 2.32. The first-order valence-corrected chi connectivity index (χ1v) is 6.96. The van der Waals surface area contributed by atoms with Crippen LogP contribution in [-0.4, -0.2) is 44.4 Å². The highest BCUT2D eigenvalue weighted by Gasteiger charge is 2.16. The van der Waals surface area contributed by atoms with Crippen LogP contribution in [-0.2, 0) is 16.1 Å². The van der Waals surface area contributed by atoms with Crippen LogP contribution in [0.5, 0.6) is 17.2 Å². The SMILES string of the molecule is COc1cc(OC)c(CNC(=O)CC[C@H](N)C(=O)O)c(OC)c1. The van der Waals surface area contributed by atoms with Crippen LogP contribution in [0.15, 0.2) is 12.1 Å². The van der Waals surface area contributed by atoms with Crippen molar-refractivity contribution in [2.24, 2.45) is 5.73 Å². The molecule has 1 atom stereocenters. The number of aliphatic carboxylic acids is 1. The number of rotatable bonds is 9. The van der Waals surface area contributed by atoms with E-state index in [1.165, 1.54) is 21.3 Å². The van der Waals surface area contributed by atoms with Crippen molar-refractivity contribution in [1.82, 2.24) is 5.32 Å². The lowest BCUT2D eigenvalue weighted by molar-refractivity contribution is -0.138. The van der Waals surface area contributed by atoms with Gasteiger partial charge in [-0.2, -0.15) is 0 Å². The fourth-order valence-corrected chi connectivity index (χ4v) is 1.94. The molecule has 1 aromatic rings. The van der Waals surface area contributed by atoms with Gasteiger partial charge in [0.25, 0.3) is 0 Å². The topological polar surface area (TPSA) is 120 Å². The number of methoxy groups -OCH3 is 3. The number of carboxylic acid groups (broad SMARTS) is 1. The third kappa shape index (κ3) is 5.33. The molecular weight excluding hydrogens is 304 g/mol. The van der Waals surface area contributed by atoms with Crippen molar-refractivity contribution in [3.8, 4) is 17.2 Å². The Morgan fingerprint density at radius 2 is 1.74 bits per heavy atom. The number of hydrogen-bond acceptors (Lipinski definition) is 6. The highest BCUT2D eigenvalue weighted by atomic mass is 16.5. The molecule has 0 aliphatic heterocycles. The molecule has 0 aliphatic carbocycles. The second-order valence-electron chi connectivity index (χ2n) is 4.77. The Morgan fingerprint density at radius 1 is 1.17 bits per heavy atom. The second kappa shape index (κ2) is 8.84. The number of ether oxygens (including phenoxy) is 3. The smallest absolute Gasteiger partial charge is 0.320 e. The first-order chi connectivity index (χ1) is 10.9. The number of hydrogen-bond donors (Lipinski definition) is 3. The minimum absolute atomic E-state index is 0.0221. The largest absolute Gasteiger partial charge is 0.496 e. The van der Waals surface area contributed by atoms with Crippen LogP contribution in [0.25, 0.3) is 0 Å². The molecule has 23 heavy (non-hydrogen) atoms. The van der Waals surface area contributed by atoms with E-state index in [1.807, 2.05) is 0 Å². The zero-order valence-electron chi connectivity index (χ0n) is 13.4. The van der Waals surface area contributed by atoms with Crippen LogP contribution in [0.1, 0.15) is 18.4 Å². The van der Waals surface area contributed by atoms with E-state index in [0.717, 1.165) is 0 Å². The molecule has 0 saturated carbocycles. The Balaban J connectivity index is 2.73. The molecule has 0 heterocycles. The van der Waals surface area contributed by atoms with Crippen molar-refractivity contribution in [3.05, 3.63) is 17.7 Å². The minimum Gasteiger partial charge on any atom is -0.496 e. The summed E-state index contributed by atoms with van der Waals surface area (Å²) >= 11 is 0. The number of carbonyl (C=O) groups excluding carboxylic acids is 1. The van der Waals surface area contributed by atoms with Crippen molar-refractivity contribution in [1.29, 1.82) is 0 Å². The third-order valence-corrected chi connectivity index (χ3v) is 3.28. The molecule has 0 unspecified atom stereocenters. The van der Waals surface area contributed by atoms with E-state index in [0.29, 0.717) is 22.8 Å². The zero-order chi connectivity index (χ0) is 17.4. The number of carbonyl (C=O) groups is 2. The Bertz CT molecular complexity index is 536. The number of nitrogens with two attached hydrogens (primary N) is 1. The molecular formula is C15H22N2O6. The van der Waals surface area contributed by atoms with Crippen LogP contribution in [0.3, 0.4) is 0 Å². The molecule has 4 N–H and O–H groups in total. The number of benzene rings is 1. The Labute approximate surface area is 134 Å². The first kappa shape index (κ1) is 18.6. The van der Waals surface area contributed by atoms with Gasteiger partial charge in [-0.15, -0.1) is 0 Å². The number of nitrogens with one attached hydrogen (secondary N) is 1. The molecule has 0 aromatic heterocycles. The molecule has 0 bridgehead atoms. The highest BCUT2D eigenvalue weighted by Crippen LogP contribution is 2.33. The molecule has 0 spiro atoms.